The number of aromatic hydroxyl groups is 1. The van der Waals surface area contributed by atoms with E-state index < -0.39 is 0 Å². The zero-order valence-electron chi connectivity index (χ0n) is 14.9. The highest BCUT2D eigenvalue weighted by molar-refractivity contribution is 7.09. The summed E-state index contributed by atoms with van der Waals surface area (Å²) in [6.45, 7) is 8.26. The summed E-state index contributed by atoms with van der Waals surface area (Å²) >= 11 is 1.87. The molecule has 1 N–H and O–H groups in total. The van der Waals surface area contributed by atoms with Gasteiger partial charge in [0, 0.05) is 11.4 Å². The van der Waals surface area contributed by atoms with Crippen molar-refractivity contribution in [2.45, 2.75) is 44.9 Å². The summed E-state index contributed by atoms with van der Waals surface area (Å²) in [7, 11) is 0. The minimum absolute atomic E-state index is 0.173. The third kappa shape index (κ3) is 4.01. The van der Waals surface area contributed by atoms with E-state index in [1.807, 2.05) is 23.5 Å². The van der Waals surface area contributed by atoms with Crippen LogP contribution >= 0.6 is 11.3 Å². The standard InChI is InChI=1S/C21H29NOS/c1-17-16-22(12-4-3-9-20-10-6-14-24-20)13-11-21(17,2)18-7-5-8-19(23)15-18/h5-8,10,14-15,17,23H,3-4,9,11-13,16H2,1-2H3/t17-,21+/m0/s1. The van der Waals surface area contributed by atoms with Crippen LogP contribution in [0.5, 0.6) is 5.75 Å². The lowest BCUT2D eigenvalue weighted by Gasteiger charge is -2.45. The summed E-state index contributed by atoms with van der Waals surface area (Å²) in [5, 5.41) is 12.0. The molecule has 1 aliphatic heterocycles. The molecule has 1 saturated heterocycles. The molecular formula is C21H29NOS. The van der Waals surface area contributed by atoms with Gasteiger partial charge in [-0.05, 0) is 79.2 Å². The van der Waals surface area contributed by atoms with Crippen LogP contribution in [0.3, 0.4) is 0 Å². The zero-order chi connectivity index (χ0) is 17.0. The fraction of sp³-hybridized carbons (Fsp3) is 0.524. The normalized spacial score (nSPS) is 25.0. The van der Waals surface area contributed by atoms with Gasteiger partial charge in [0.25, 0.3) is 0 Å². The number of rotatable bonds is 6. The molecule has 2 atom stereocenters. The average Bonchev–Trinajstić information content (AvgIpc) is 3.08. The van der Waals surface area contributed by atoms with Crippen molar-refractivity contribution in [1.82, 2.24) is 4.90 Å². The van der Waals surface area contributed by atoms with Crippen LogP contribution in [0.1, 0.15) is 43.6 Å². The van der Waals surface area contributed by atoms with Gasteiger partial charge >= 0.3 is 0 Å². The molecule has 2 nitrogen and oxygen atoms in total. The number of hydrogen-bond acceptors (Lipinski definition) is 3. The highest BCUT2D eigenvalue weighted by atomic mass is 32.1. The molecule has 3 rings (SSSR count). The van der Waals surface area contributed by atoms with Crippen molar-refractivity contribution in [2.75, 3.05) is 19.6 Å². The van der Waals surface area contributed by atoms with Gasteiger partial charge in [-0.25, -0.2) is 0 Å². The van der Waals surface area contributed by atoms with E-state index >= 15 is 0 Å². The molecule has 1 aromatic heterocycles. The summed E-state index contributed by atoms with van der Waals surface area (Å²) in [4.78, 5) is 4.14. The van der Waals surface area contributed by atoms with Gasteiger partial charge in [-0.15, -0.1) is 11.3 Å². The molecule has 0 spiro atoms. The van der Waals surface area contributed by atoms with Crippen molar-refractivity contribution in [3.63, 3.8) is 0 Å². The lowest BCUT2D eigenvalue weighted by atomic mass is 9.68. The van der Waals surface area contributed by atoms with E-state index in [1.54, 1.807) is 6.07 Å². The van der Waals surface area contributed by atoms with Crippen LogP contribution in [0.2, 0.25) is 0 Å². The number of phenols is 1. The second-order valence-corrected chi connectivity index (χ2v) is 8.49. The Morgan fingerprint density at radius 3 is 2.83 bits per heavy atom. The van der Waals surface area contributed by atoms with Gasteiger partial charge in [0.05, 0.1) is 0 Å². The molecular weight excluding hydrogens is 314 g/mol. The van der Waals surface area contributed by atoms with E-state index in [1.165, 1.54) is 42.7 Å². The minimum Gasteiger partial charge on any atom is -0.508 e. The van der Waals surface area contributed by atoms with Crippen LogP contribution in [0.4, 0.5) is 0 Å². The SMILES string of the molecule is C[C@H]1CN(CCCCc2cccs2)CC[C@@]1(C)c1cccc(O)c1. The molecule has 0 aliphatic carbocycles. The van der Waals surface area contributed by atoms with Crippen LogP contribution in [0.15, 0.2) is 41.8 Å². The predicted molar refractivity (Wildman–Crippen MR) is 103 cm³/mol. The Kier molecular flexibility index (Phi) is 5.62. The molecule has 24 heavy (non-hydrogen) atoms. The molecule has 130 valence electrons. The molecule has 0 bridgehead atoms. The van der Waals surface area contributed by atoms with Gasteiger partial charge in [0.2, 0.25) is 0 Å². The van der Waals surface area contributed by atoms with Crippen molar-refractivity contribution < 1.29 is 5.11 Å². The molecule has 0 unspecified atom stereocenters. The van der Waals surface area contributed by atoms with Gasteiger partial charge < -0.3 is 10.0 Å². The van der Waals surface area contributed by atoms with Gasteiger partial charge in [0.15, 0.2) is 0 Å². The first-order valence-electron chi connectivity index (χ1n) is 9.12. The second kappa shape index (κ2) is 7.71. The molecule has 1 aromatic carbocycles. The Labute approximate surface area is 150 Å². The van der Waals surface area contributed by atoms with E-state index in [0.29, 0.717) is 11.7 Å². The molecule has 0 radical (unpaired) electrons. The summed E-state index contributed by atoms with van der Waals surface area (Å²) < 4.78 is 0. The number of piperidine rings is 1. The minimum atomic E-state index is 0.173. The van der Waals surface area contributed by atoms with Crippen molar-refractivity contribution in [1.29, 1.82) is 0 Å². The van der Waals surface area contributed by atoms with Crippen LogP contribution in [0.25, 0.3) is 0 Å². The topological polar surface area (TPSA) is 23.5 Å². The van der Waals surface area contributed by atoms with Crippen molar-refractivity contribution >= 4 is 11.3 Å². The Bertz CT molecular complexity index is 639. The fourth-order valence-electron chi connectivity index (χ4n) is 3.90. The maximum Gasteiger partial charge on any atom is 0.115 e. The molecule has 3 heteroatoms. The first kappa shape index (κ1) is 17.5. The smallest absolute Gasteiger partial charge is 0.115 e. The van der Waals surface area contributed by atoms with Crippen LogP contribution in [0, 0.1) is 5.92 Å². The Morgan fingerprint density at radius 1 is 1.25 bits per heavy atom. The Hall–Kier alpha value is -1.32. The highest BCUT2D eigenvalue weighted by Gasteiger charge is 2.37. The van der Waals surface area contributed by atoms with Crippen molar-refractivity contribution in [3.8, 4) is 5.75 Å². The first-order chi connectivity index (χ1) is 11.6. The number of hydrogen-bond donors (Lipinski definition) is 1. The maximum atomic E-state index is 9.81. The van der Waals surface area contributed by atoms with Crippen molar-refractivity contribution in [3.05, 3.63) is 52.2 Å². The number of benzene rings is 1. The molecule has 2 heterocycles. The lowest BCUT2D eigenvalue weighted by molar-refractivity contribution is 0.109. The lowest BCUT2D eigenvalue weighted by Crippen LogP contribution is -2.47. The maximum absolute atomic E-state index is 9.81. The molecule has 0 amide bonds. The third-order valence-corrected chi connectivity index (χ3v) is 6.74. The van der Waals surface area contributed by atoms with Crippen LogP contribution in [-0.2, 0) is 11.8 Å². The Balaban J connectivity index is 1.49. The predicted octanol–water partition coefficient (Wildman–Crippen LogP) is 5.08. The fourth-order valence-corrected chi connectivity index (χ4v) is 4.65. The molecule has 0 saturated carbocycles. The molecule has 2 aromatic rings. The molecule has 1 aliphatic rings. The van der Waals surface area contributed by atoms with Gasteiger partial charge in [0.1, 0.15) is 5.75 Å². The second-order valence-electron chi connectivity index (χ2n) is 7.46. The average molecular weight is 344 g/mol. The van der Waals surface area contributed by atoms with E-state index in [-0.39, 0.29) is 5.41 Å². The first-order valence-corrected chi connectivity index (χ1v) is 10.00. The van der Waals surface area contributed by atoms with Gasteiger partial charge in [-0.2, -0.15) is 0 Å². The monoisotopic (exact) mass is 343 g/mol. The largest absolute Gasteiger partial charge is 0.508 e. The number of unbranched alkanes of at least 4 members (excludes halogenated alkanes) is 1. The number of likely N-dealkylation sites (tertiary alicyclic amines) is 1. The number of nitrogens with zero attached hydrogens (tertiary/aromatic N) is 1. The quantitative estimate of drug-likeness (QED) is 0.740. The highest BCUT2D eigenvalue weighted by Crippen LogP contribution is 2.40. The Morgan fingerprint density at radius 2 is 2.12 bits per heavy atom. The zero-order valence-corrected chi connectivity index (χ0v) is 15.7. The summed E-state index contributed by atoms with van der Waals surface area (Å²) in [5.74, 6) is 0.988. The number of aryl methyl sites for hydroxylation is 1. The number of thiophene rings is 1. The van der Waals surface area contributed by atoms with Crippen LogP contribution < -0.4 is 0 Å². The van der Waals surface area contributed by atoms with Crippen molar-refractivity contribution in [2.24, 2.45) is 5.92 Å². The van der Waals surface area contributed by atoms with E-state index in [2.05, 4.69) is 42.3 Å². The van der Waals surface area contributed by atoms with E-state index in [9.17, 15) is 5.11 Å². The van der Waals surface area contributed by atoms with Crippen LogP contribution in [-0.4, -0.2) is 29.6 Å². The number of phenolic OH excluding ortho intramolecular Hbond substituents is 1. The summed E-state index contributed by atoms with van der Waals surface area (Å²) in [6.07, 6.45) is 4.97. The van der Waals surface area contributed by atoms with E-state index in [4.69, 9.17) is 0 Å². The summed E-state index contributed by atoms with van der Waals surface area (Å²) in [5.41, 5.74) is 1.46. The molecule has 1 fully saturated rings. The third-order valence-electron chi connectivity index (χ3n) is 5.80. The summed E-state index contributed by atoms with van der Waals surface area (Å²) in [6, 6.07) is 12.3. The van der Waals surface area contributed by atoms with Gasteiger partial charge in [-0.1, -0.05) is 32.0 Å². The van der Waals surface area contributed by atoms with Gasteiger partial charge in [-0.3, -0.25) is 0 Å². The van der Waals surface area contributed by atoms with E-state index in [0.717, 1.165) is 13.1 Å².